The van der Waals surface area contributed by atoms with Gasteiger partial charge >= 0.3 is 0 Å². The van der Waals surface area contributed by atoms with Gasteiger partial charge in [-0.25, -0.2) is 12.7 Å². The molecule has 0 radical (unpaired) electrons. The van der Waals surface area contributed by atoms with Crippen LogP contribution in [0.25, 0.3) is 0 Å². The first-order valence-electron chi connectivity index (χ1n) is 8.34. The second-order valence-electron chi connectivity index (χ2n) is 6.45. The van der Waals surface area contributed by atoms with Gasteiger partial charge < -0.3 is 4.90 Å². The number of piperidine rings is 1. The van der Waals surface area contributed by atoms with Gasteiger partial charge in [0.05, 0.1) is 4.90 Å². The van der Waals surface area contributed by atoms with E-state index < -0.39 is 22.0 Å². The highest BCUT2D eigenvalue weighted by molar-refractivity contribution is 7.89. The summed E-state index contributed by atoms with van der Waals surface area (Å²) in [5, 5.41) is 0. The van der Waals surface area contributed by atoms with Gasteiger partial charge in [-0.3, -0.25) is 9.59 Å². The summed E-state index contributed by atoms with van der Waals surface area (Å²) in [6, 6.07) is 5.45. The first-order chi connectivity index (χ1) is 11.4. The van der Waals surface area contributed by atoms with E-state index >= 15 is 0 Å². The first-order valence-corrected chi connectivity index (χ1v) is 9.78. The van der Waals surface area contributed by atoms with Crippen LogP contribution in [0.3, 0.4) is 0 Å². The fraction of sp³-hybridized carbons (Fsp3) is 0.529. The van der Waals surface area contributed by atoms with Gasteiger partial charge in [-0.1, -0.05) is 17.7 Å². The Kier molecular flexibility index (Phi) is 4.62. The van der Waals surface area contributed by atoms with Crippen LogP contribution in [0.4, 0.5) is 0 Å². The monoisotopic (exact) mass is 350 g/mol. The van der Waals surface area contributed by atoms with Gasteiger partial charge in [0, 0.05) is 19.5 Å². The van der Waals surface area contributed by atoms with E-state index in [9.17, 15) is 18.0 Å². The summed E-state index contributed by atoms with van der Waals surface area (Å²) in [4.78, 5) is 26.7. The summed E-state index contributed by atoms with van der Waals surface area (Å²) < 4.78 is 26.6. The molecule has 24 heavy (non-hydrogen) atoms. The van der Waals surface area contributed by atoms with Crippen molar-refractivity contribution in [3.8, 4) is 0 Å². The topological polar surface area (TPSA) is 74.8 Å². The highest BCUT2D eigenvalue weighted by Crippen LogP contribution is 2.29. The minimum absolute atomic E-state index is 0.0554. The van der Waals surface area contributed by atoms with E-state index in [2.05, 4.69) is 0 Å². The Morgan fingerprint density at radius 1 is 1.08 bits per heavy atom. The summed E-state index contributed by atoms with van der Waals surface area (Å²) in [6.07, 6.45) is 3.29. The van der Waals surface area contributed by atoms with Gasteiger partial charge in [-0.2, -0.15) is 0 Å². The molecule has 1 aromatic carbocycles. The minimum atomic E-state index is -4.00. The molecule has 2 aliphatic heterocycles. The number of hydrogen-bond acceptors (Lipinski definition) is 4. The maximum atomic E-state index is 12.9. The average Bonchev–Trinajstić information content (AvgIpc) is 2.98. The molecular weight excluding hydrogens is 328 g/mol. The molecule has 2 aliphatic rings. The number of likely N-dealkylation sites (tertiary alicyclic amines) is 1. The number of hydrogen-bond donors (Lipinski definition) is 0. The van der Waals surface area contributed by atoms with E-state index in [4.69, 9.17) is 0 Å². The Morgan fingerprint density at radius 3 is 2.33 bits per heavy atom. The molecule has 130 valence electrons. The first kappa shape index (κ1) is 17.0. The van der Waals surface area contributed by atoms with Gasteiger partial charge in [-0.15, -0.1) is 0 Å². The fourth-order valence-electron chi connectivity index (χ4n) is 3.34. The lowest BCUT2D eigenvalue weighted by atomic mass is 10.1. The van der Waals surface area contributed by atoms with E-state index in [0.717, 1.165) is 29.1 Å². The van der Waals surface area contributed by atoms with Crippen LogP contribution in [-0.4, -0.2) is 48.6 Å². The molecule has 0 spiro atoms. The zero-order chi connectivity index (χ0) is 17.3. The van der Waals surface area contributed by atoms with Crippen molar-refractivity contribution >= 4 is 21.8 Å². The largest absolute Gasteiger partial charge is 0.341 e. The highest BCUT2D eigenvalue weighted by Gasteiger charge is 2.45. The molecule has 0 unspecified atom stereocenters. The minimum Gasteiger partial charge on any atom is -0.341 e. The summed E-state index contributed by atoms with van der Waals surface area (Å²) >= 11 is 0. The van der Waals surface area contributed by atoms with E-state index in [1.165, 1.54) is 12.1 Å². The van der Waals surface area contributed by atoms with E-state index in [1.807, 2.05) is 6.92 Å². The molecule has 7 heteroatoms. The number of sulfonamides is 1. The van der Waals surface area contributed by atoms with Crippen molar-refractivity contribution < 1.29 is 18.0 Å². The third kappa shape index (κ3) is 3.05. The molecule has 0 saturated carbocycles. The Balaban J connectivity index is 1.90. The van der Waals surface area contributed by atoms with Crippen LogP contribution in [0.15, 0.2) is 29.2 Å². The number of nitrogens with zero attached hydrogens (tertiary/aromatic N) is 2. The molecule has 0 aliphatic carbocycles. The van der Waals surface area contributed by atoms with E-state index in [0.29, 0.717) is 13.1 Å². The summed E-state index contributed by atoms with van der Waals surface area (Å²) in [5.41, 5.74) is 0.933. The number of aryl methyl sites for hydroxylation is 1. The molecule has 0 aromatic heterocycles. The normalized spacial score (nSPS) is 22.0. The van der Waals surface area contributed by atoms with Crippen molar-refractivity contribution in [3.63, 3.8) is 0 Å². The number of carbonyl (C=O) groups is 2. The third-order valence-corrected chi connectivity index (χ3v) is 6.54. The van der Waals surface area contributed by atoms with Crippen molar-refractivity contribution in [2.24, 2.45) is 0 Å². The smallest absolute Gasteiger partial charge is 0.267 e. The summed E-state index contributed by atoms with van der Waals surface area (Å²) in [7, 11) is -4.00. The molecule has 6 nitrogen and oxygen atoms in total. The number of benzene rings is 1. The lowest BCUT2D eigenvalue weighted by molar-refractivity contribution is -0.138. The molecule has 2 saturated heterocycles. The Morgan fingerprint density at radius 2 is 1.71 bits per heavy atom. The maximum Gasteiger partial charge on any atom is 0.267 e. The Labute approximate surface area is 142 Å². The van der Waals surface area contributed by atoms with Crippen LogP contribution in [-0.2, 0) is 19.6 Å². The number of carbonyl (C=O) groups excluding carboxylic acids is 2. The third-order valence-electron chi connectivity index (χ3n) is 4.69. The molecule has 0 bridgehead atoms. The van der Waals surface area contributed by atoms with Crippen LogP contribution in [0, 0.1) is 6.92 Å². The van der Waals surface area contributed by atoms with Crippen molar-refractivity contribution in [1.29, 1.82) is 0 Å². The standard InChI is InChI=1S/C17H22N2O4S/c1-13-5-7-14(8-6-13)24(22,23)19-15(9-10-16(19)20)17(21)18-11-3-2-4-12-18/h5-8,15H,2-4,9-12H2,1H3/t15-/m0/s1. The molecule has 2 amide bonds. The molecule has 2 heterocycles. The van der Waals surface area contributed by atoms with Gasteiger partial charge in [0.25, 0.3) is 10.0 Å². The van der Waals surface area contributed by atoms with Crippen LogP contribution >= 0.6 is 0 Å². The summed E-state index contributed by atoms with van der Waals surface area (Å²) in [5.74, 6) is -0.734. The molecule has 1 aromatic rings. The van der Waals surface area contributed by atoms with Crippen LogP contribution in [0.2, 0.25) is 0 Å². The van der Waals surface area contributed by atoms with E-state index in [1.54, 1.807) is 17.0 Å². The van der Waals surface area contributed by atoms with Crippen molar-refractivity contribution in [3.05, 3.63) is 29.8 Å². The number of amides is 2. The predicted octanol–water partition coefficient (Wildman–Crippen LogP) is 1.69. The van der Waals surface area contributed by atoms with Crippen LogP contribution in [0.1, 0.15) is 37.7 Å². The lowest BCUT2D eigenvalue weighted by Crippen LogP contribution is -2.50. The van der Waals surface area contributed by atoms with Crippen molar-refractivity contribution in [1.82, 2.24) is 9.21 Å². The van der Waals surface area contributed by atoms with Gasteiger partial charge in [-0.05, 0) is 44.7 Å². The molecule has 1 atom stereocenters. The number of rotatable bonds is 3. The van der Waals surface area contributed by atoms with E-state index in [-0.39, 0.29) is 23.6 Å². The second kappa shape index (κ2) is 6.55. The Hall–Kier alpha value is -1.89. The molecule has 2 fully saturated rings. The quantitative estimate of drug-likeness (QED) is 0.831. The second-order valence-corrected chi connectivity index (χ2v) is 8.26. The highest BCUT2D eigenvalue weighted by atomic mass is 32.2. The predicted molar refractivity (Wildman–Crippen MR) is 88.7 cm³/mol. The maximum absolute atomic E-state index is 12.9. The van der Waals surface area contributed by atoms with Gasteiger partial charge in [0.1, 0.15) is 6.04 Å². The summed E-state index contributed by atoms with van der Waals surface area (Å²) in [6.45, 7) is 3.14. The molecule has 0 N–H and O–H groups in total. The zero-order valence-corrected chi connectivity index (χ0v) is 14.6. The lowest BCUT2D eigenvalue weighted by Gasteiger charge is -2.32. The molecule has 3 rings (SSSR count). The van der Waals surface area contributed by atoms with Crippen molar-refractivity contribution in [2.45, 2.75) is 50.0 Å². The van der Waals surface area contributed by atoms with Crippen LogP contribution < -0.4 is 0 Å². The zero-order valence-electron chi connectivity index (χ0n) is 13.8. The molecular formula is C17H22N2O4S. The van der Waals surface area contributed by atoms with Crippen molar-refractivity contribution in [2.75, 3.05) is 13.1 Å². The Bertz CT molecular complexity index is 736. The SMILES string of the molecule is Cc1ccc(S(=O)(=O)N2C(=O)CC[C@H]2C(=O)N2CCCCC2)cc1. The fourth-order valence-corrected chi connectivity index (χ4v) is 4.93. The van der Waals surface area contributed by atoms with Gasteiger partial charge in [0.2, 0.25) is 11.8 Å². The van der Waals surface area contributed by atoms with Crippen LogP contribution in [0.5, 0.6) is 0 Å². The average molecular weight is 350 g/mol. The van der Waals surface area contributed by atoms with Gasteiger partial charge in [0.15, 0.2) is 0 Å².